The predicted octanol–water partition coefficient (Wildman–Crippen LogP) is 3.07. The fourth-order valence-corrected chi connectivity index (χ4v) is 1.46. The summed E-state index contributed by atoms with van der Waals surface area (Å²) in [6, 6.07) is 4.29. The quantitative estimate of drug-likeness (QED) is 0.624. The molecule has 1 aromatic rings. The number of hydrogen-bond donors (Lipinski definition) is 1. The highest BCUT2D eigenvalue weighted by Gasteiger charge is 2.15. The Morgan fingerprint density at radius 1 is 1.44 bits per heavy atom. The van der Waals surface area contributed by atoms with E-state index in [9.17, 15) is 15.2 Å². The van der Waals surface area contributed by atoms with Crippen LogP contribution in [0.5, 0.6) is 5.75 Å². The Morgan fingerprint density at radius 2 is 2.11 bits per heavy atom. The maximum Gasteiger partial charge on any atom is 0.270 e. The molecule has 1 rings (SSSR count). The van der Waals surface area contributed by atoms with Gasteiger partial charge in [-0.05, 0) is 18.9 Å². The van der Waals surface area contributed by atoms with Gasteiger partial charge in [0.2, 0.25) is 0 Å². The molecule has 18 heavy (non-hydrogen) atoms. The molecule has 0 heterocycles. The van der Waals surface area contributed by atoms with Crippen LogP contribution in [0.2, 0.25) is 0 Å². The van der Waals surface area contributed by atoms with Crippen LogP contribution in [0.1, 0.15) is 38.9 Å². The van der Waals surface area contributed by atoms with E-state index in [0.717, 1.165) is 6.42 Å². The summed E-state index contributed by atoms with van der Waals surface area (Å²) in [6.45, 7) is 6.23. The van der Waals surface area contributed by atoms with E-state index >= 15 is 0 Å². The van der Waals surface area contributed by atoms with E-state index in [1.54, 1.807) is 13.0 Å². The van der Waals surface area contributed by atoms with Crippen LogP contribution in [0, 0.1) is 16.0 Å². The fourth-order valence-electron chi connectivity index (χ4n) is 1.46. The summed E-state index contributed by atoms with van der Waals surface area (Å²) in [5.74, 6) is 0.915. The molecule has 0 aliphatic carbocycles. The summed E-state index contributed by atoms with van der Waals surface area (Å²) in [5, 5.41) is 20.3. The standard InChI is InChI=1S/C13H19NO4/c1-4-9(2)8-18-13-6-5-11(14(16)17)7-12(13)10(3)15/h5-7,9-10,15H,4,8H2,1-3H3. The number of nitro benzene ring substituents is 1. The van der Waals surface area contributed by atoms with Gasteiger partial charge in [0.1, 0.15) is 5.75 Å². The first-order chi connectivity index (χ1) is 8.45. The summed E-state index contributed by atoms with van der Waals surface area (Å²) >= 11 is 0. The Labute approximate surface area is 107 Å². The molecule has 0 aliphatic rings. The number of aliphatic hydroxyl groups excluding tert-OH is 1. The van der Waals surface area contributed by atoms with Gasteiger partial charge in [0.05, 0.1) is 17.6 Å². The van der Waals surface area contributed by atoms with Gasteiger partial charge in [0.25, 0.3) is 5.69 Å². The largest absolute Gasteiger partial charge is 0.493 e. The third kappa shape index (κ3) is 3.70. The number of hydrogen-bond acceptors (Lipinski definition) is 4. The van der Waals surface area contributed by atoms with Gasteiger partial charge in [-0.2, -0.15) is 0 Å². The lowest BCUT2D eigenvalue weighted by atomic mass is 10.1. The van der Waals surface area contributed by atoms with Gasteiger partial charge in [-0.25, -0.2) is 0 Å². The van der Waals surface area contributed by atoms with Crippen LogP contribution in [0.4, 0.5) is 5.69 Å². The molecule has 5 heteroatoms. The van der Waals surface area contributed by atoms with E-state index in [1.165, 1.54) is 12.1 Å². The molecule has 0 aliphatic heterocycles. The highest BCUT2D eigenvalue weighted by molar-refractivity contribution is 5.44. The van der Waals surface area contributed by atoms with Crippen LogP contribution in [-0.2, 0) is 0 Å². The molecule has 1 N–H and O–H groups in total. The van der Waals surface area contributed by atoms with Crippen molar-refractivity contribution in [3.8, 4) is 5.75 Å². The normalized spacial score (nSPS) is 14.0. The Morgan fingerprint density at radius 3 is 2.61 bits per heavy atom. The molecule has 1 aromatic carbocycles. The number of nitro groups is 1. The lowest BCUT2D eigenvalue weighted by Crippen LogP contribution is -2.09. The third-order valence-electron chi connectivity index (χ3n) is 2.87. The van der Waals surface area contributed by atoms with E-state index < -0.39 is 11.0 Å². The first kappa shape index (κ1) is 14.4. The van der Waals surface area contributed by atoms with Gasteiger partial charge in [-0.15, -0.1) is 0 Å². The zero-order valence-corrected chi connectivity index (χ0v) is 10.9. The molecule has 0 saturated heterocycles. The van der Waals surface area contributed by atoms with E-state index in [2.05, 4.69) is 13.8 Å². The Balaban J connectivity index is 2.93. The number of ether oxygens (including phenoxy) is 1. The Kier molecular flexibility index (Phi) is 5.09. The molecule has 0 aromatic heterocycles. The molecule has 0 amide bonds. The van der Waals surface area contributed by atoms with Crippen molar-refractivity contribution in [1.29, 1.82) is 0 Å². The number of nitrogens with zero attached hydrogens (tertiary/aromatic N) is 1. The van der Waals surface area contributed by atoms with Crippen LogP contribution in [-0.4, -0.2) is 16.6 Å². The van der Waals surface area contributed by atoms with Crippen molar-refractivity contribution < 1.29 is 14.8 Å². The van der Waals surface area contributed by atoms with E-state index in [1.807, 2.05) is 0 Å². The van der Waals surface area contributed by atoms with Crippen molar-refractivity contribution in [2.45, 2.75) is 33.3 Å². The maximum absolute atomic E-state index is 10.7. The minimum Gasteiger partial charge on any atom is -0.493 e. The van der Waals surface area contributed by atoms with E-state index in [0.29, 0.717) is 23.8 Å². The smallest absolute Gasteiger partial charge is 0.270 e. The number of rotatable bonds is 6. The van der Waals surface area contributed by atoms with Crippen molar-refractivity contribution in [2.24, 2.45) is 5.92 Å². The zero-order valence-electron chi connectivity index (χ0n) is 10.9. The molecule has 2 unspecified atom stereocenters. The summed E-state index contributed by atoms with van der Waals surface area (Å²) in [5.41, 5.74) is 0.411. The summed E-state index contributed by atoms with van der Waals surface area (Å²) in [6.07, 6.45) is 0.202. The average Bonchev–Trinajstić information content (AvgIpc) is 2.35. The fraction of sp³-hybridized carbons (Fsp3) is 0.538. The Hall–Kier alpha value is -1.62. The highest BCUT2D eigenvalue weighted by Crippen LogP contribution is 2.29. The molecular weight excluding hydrogens is 234 g/mol. The van der Waals surface area contributed by atoms with Crippen molar-refractivity contribution in [3.63, 3.8) is 0 Å². The van der Waals surface area contributed by atoms with Crippen LogP contribution in [0.25, 0.3) is 0 Å². The molecule has 0 saturated carbocycles. The molecule has 5 nitrogen and oxygen atoms in total. The van der Waals surface area contributed by atoms with Gasteiger partial charge in [-0.1, -0.05) is 20.3 Å². The monoisotopic (exact) mass is 253 g/mol. The molecule has 0 spiro atoms. The van der Waals surface area contributed by atoms with Gasteiger partial charge in [0, 0.05) is 17.7 Å². The molecule has 0 fully saturated rings. The van der Waals surface area contributed by atoms with Gasteiger partial charge < -0.3 is 9.84 Å². The second-order valence-electron chi connectivity index (χ2n) is 4.48. The van der Waals surface area contributed by atoms with Crippen LogP contribution in [0.15, 0.2) is 18.2 Å². The summed E-state index contributed by atoms with van der Waals surface area (Å²) < 4.78 is 5.60. The third-order valence-corrected chi connectivity index (χ3v) is 2.87. The van der Waals surface area contributed by atoms with Crippen molar-refractivity contribution >= 4 is 5.69 Å². The summed E-state index contributed by atoms with van der Waals surface area (Å²) in [4.78, 5) is 10.2. The molecule has 0 radical (unpaired) electrons. The molecular formula is C13H19NO4. The van der Waals surface area contributed by atoms with E-state index in [-0.39, 0.29) is 5.69 Å². The topological polar surface area (TPSA) is 72.6 Å². The lowest BCUT2D eigenvalue weighted by molar-refractivity contribution is -0.385. The Bertz CT molecular complexity index is 417. The van der Waals surface area contributed by atoms with Gasteiger partial charge in [-0.3, -0.25) is 10.1 Å². The van der Waals surface area contributed by atoms with Crippen molar-refractivity contribution in [1.82, 2.24) is 0 Å². The minimum atomic E-state index is -0.795. The minimum absolute atomic E-state index is 0.0400. The summed E-state index contributed by atoms with van der Waals surface area (Å²) in [7, 11) is 0. The van der Waals surface area contributed by atoms with Gasteiger partial charge >= 0.3 is 0 Å². The number of benzene rings is 1. The van der Waals surface area contributed by atoms with E-state index in [4.69, 9.17) is 4.74 Å². The first-order valence-electron chi connectivity index (χ1n) is 6.04. The van der Waals surface area contributed by atoms with Crippen molar-refractivity contribution in [2.75, 3.05) is 6.61 Å². The van der Waals surface area contributed by atoms with Crippen LogP contribution in [0.3, 0.4) is 0 Å². The maximum atomic E-state index is 10.7. The van der Waals surface area contributed by atoms with Gasteiger partial charge in [0.15, 0.2) is 0 Å². The number of non-ortho nitro benzene ring substituents is 1. The van der Waals surface area contributed by atoms with Crippen LogP contribution < -0.4 is 4.74 Å². The number of aliphatic hydroxyl groups is 1. The first-order valence-corrected chi connectivity index (χ1v) is 6.04. The SMILES string of the molecule is CCC(C)COc1ccc([N+](=O)[O-])cc1C(C)O. The predicted molar refractivity (Wildman–Crippen MR) is 68.7 cm³/mol. The molecule has 100 valence electrons. The second-order valence-corrected chi connectivity index (χ2v) is 4.48. The molecule has 2 atom stereocenters. The molecule has 0 bridgehead atoms. The lowest BCUT2D eigenvalue weighted by Gasteiger charge is -2.15. The highest BCUT2D eigenvalue weighted by atomic mass is 16.6. The van der Waals surface area contributed by atoms with Crippen LogP contribution >= 0.6 is 0 Å². The average molecular weight is 253 g/mol. The van der Waals surface area contributed by atoms with Crippen molar-refractivity contribution in [3.05, 3.63) is 33.9 Å². The zero-order chi connectivity index (χ0) is 13.7. The second kappa shape index (κ2) is 6.35.